The molecule has 1 unspecified atom stereocenters. The average molecular weight is 254 g/mol. The second-order valence-electron chi connectivity index (χ2n) is 5.37. The summed E-state index contributed by atoms with van der Waals surface area (Å²) in [6.45, 7) is 8.15. The number of aliphatic hydroxyl groups is 1. The highest BCUT2D eigenvalue weighted by Crippen LogP contribution is 2.32. The van der Waals surface area contributed by atoms with E-state index in [1.54, 1.807) is 0 Å². The number of aryl methyl sites for hydroxylation is 2. The Kier molecular flexibility index (Phi) is 3.77. The molecule has 1 atom stereocenters. The highest BCUT2D eigenvalue weighted by atomic mass is 16.3. The first kappa shape index (κ1) is 13.8. The molecule has 2 aromatic carbocycles. The van der Waals surface area contributed by atoms with Gasteiger partial charge in [-0.1, -0.05) is 49.4 Å². The molecule has 0 fully saturated rings. The summed E-state index contributed by atoms with van der Waals surface area (Å²) < 4.78 is 0. The molecule has 100 valence electrons. The molecule has 0 aliphatic carbocycles. The summed E-state index contributed by atoms with van der Waals surface area (Å²) in [5.74, 6) is 0. The first-order valence-electron chi connectivity index (χ1n) is 6.85. The van der Waals surface area contributed by atoms with Crippen molar-refractivity contribution in [1.29, 1.82) is 0 Å². The zero-order valence-corrected chi connectivity index (χ0v) is 12.2. The first-order valence-corrected chi connectivity index (χ1v) is 6.85. The second kappa shape index (κ2) is 5.18. The van der Waals surface area contributed by atoms with Crippen molar-refractivity contribution in [2.75, 3.05) is 0 Å². The molecule has 2 aromatic rings. The van der Waals surface area contributed by atoms with Gasteiger partial charge in [-0.3, -0.25) is 0 Å². The van der Waals surface area contributed by atoms with Crippen LogP contribution in [0.5, 0.6) is 0 Å². The third-order valence-electron chi connectivity index (χ3n) is 4.05. The van der Waals surface area contributed by atoms with Crippen molar-refractivity contribution < 1.29 is 5.11 Å². The molecular weight excluding hydrogens is 232 g/mol. The van der Waals surface area contributed by atoms with Crippen LogP contribution in [0.3, 0.4) is 0 Å². The van der Waals surface area contributed by atoms with E-state index in [1.807, 2.05) is 31.2 Å². The predicted octanol–water partition coefficient (Wildman–Crippen LogP) is 4.12. The Bertz CT molecular complexity index is 565. The van der Waals surface area contributed by atoms with E-state index in [0.29, 0.717) is 0 Å². The largest absolute Gasteiger partial charge is 0.381 e. The Morgan fingerprint density at radius 3 is 2.21 bits per heavy atom. The molecule has 0 aromatic heterocycles. The van der Waals surface area contributed by atoms with E-state index in [4.69, 9.17) is 0 Å². The van der Waals surface area contributed by atoms with Crippen molar-refractivity contribution in [1.82, 2.24) is 0 Å². The SMILES string of the molecule is CCc1ccc(C(C)(O)c2cccc(C)c2C)cc1. The van der Waals surface area contributed by atoms with Crippen LogP contribution in [0, 0.1) is 13.8 Å². The summed E-state index contributed by atoms with van der Waals surface area (Å²) >= 11 is 0. The lowest BCUT2D eigenvalue weighted by Gasteiger charge is -2.27. The molecule has 0 heterocycles. The fourth-order valence-electron chi connectivity index (χ4n) is 2.50. The molecule has 0 saturated heterocycles. The highest BCUT2D eigenvalue weighted by Gasteiger charge is 2.27. The van der Waals surface area contributed by atoms with Gasteiger partial charge in [0.15, 0.2) is 0 Å². The normalized spacial score (nSPS) is 14.2. The van der Waals surface area contributed by atoms with Gasteiger partial charge in [0.1, 0.15) is 5.60 Å². The second-order valence-corrected chi connectivity index (χ2v) is 5.37. The number of benzene rings is 2. The minimum Gasteiger partial charge on any atom is -0.381 e. The van der Waals surface area contributed by atoms with Gasteiger partial charge >= 0.3 is 0 Å². The van der Waals surface area contributed by atoms with Gasteiger partial charge in [-0.2, -0.15) is 0 Å². The zero-order chi connectivity index (χ0) is 14.0. The van der Waals surface area contributed by atoms with E-state index in [9.17, 15) is 5.11 Å². The van der Waals surface area contributed by atoms with E-state index in [2.05, 4.69) is 39.0 Å². The van der Waals surface area contributed by atoms with Crippen LogP contribution >= 0.6 is 0 Å². The number of rotatable bonds is 3. The van der Waals surface area contributed by atoms with Crippen molar-refractivity contribution in [3.63, 3.8) is 0 Å². The third kappa shape index (κ3) is 2.57. The fraction of sp³-hybridized carbons (Fsp3) is 0.333. The minimum absolute atomic E-state index is 0.942. The van der Waals surface area contributed by atoms with Gasteiger partial charge in [0.2, 0.25) is 0 Å². The Morgan fingerprint density at radius 1 is 1.00 bits per heavy atom. The molecular formula is C18H22O. The smallest absolute Gasteiger partial charge is 0.112 e. The molecule has 0 radical (unpaired) electrons. The molecule has 1 heteroatoms. The summed E-state index contributed by atoms with van der Waals surface area (Å²) in [5.41, 5.74) is 4.65. The van der Waals surface area contributed by atoms with E-state index in [1.165, 1.54) is 11.1 Å². The van der Waals surface area contributed by atoms with E-state index < -0.39 is 5.60 Å². The fourth-order valence-corrected chi connectivity index (χ4v) is 2.50. The minimum atomic E-state index is -0.942. The lowest BCUT2D eigenvalue weighted by atomic mass is 9.84. The van der Waals surface area contributed by atoms with Crippen LogP contribution in [0.25, 0.3) is 0 Å². The monoisotopic (exact) mass is 254 g/mol. The number of hydrogen-bond donors (Lipinski definition) is 1. The molecule has 0 amide bonds. The Morgan fingerprint density at radius 2 is 1.63 bits per heavy atom. The molecule has 19 heavy (non-hydrogen) atoms. The van der Waals surface area contributed by atoms with E-state index in [-0.39, 0.29) is 0 Å². The van der Waals surface area contributed by atoms with Crippen LogP contribution in [-0.2, 0) is 12.0 Å². The standard InChI is InChI=1S/C18H22O/c1-5-15-9-11-16(12-10-15)18(4,19)17-8-6-7-13(2)14(17)3/h6-12,19H,5H2,1-4H3. The maximum absolute atomic E-state index is 10.9. The van der Waals surface area contributed by atoms with Crippen LogP contribution in [0.1, 0.15) is 41.7 Å². The average Bonchev–Trinajstić information content (AvgIpc) is 2.41. The topological polar surface area (TPSA) is 20.2 Å². The van der Waals surface area contributed by atoms with Crippen molar-refractivity contribution in [3.05, 3.63) is 70.3 Å². The third-order valence-corrected chi connectivity index (χ3v) is 4.05. The number of hydrogen-bond acceptors (Lipinski definition) is 1. The van der Waals surface area contributed by atoms with Gasteiger partial charge in [-0.15, -0.1) is 0 Å². The summed E-state index contributed by atoms with van der Waals surface area (Å²) in [5, 5.41) is 10.9. The van der Waals surface area contributed by atoms with E-state index in [0.717, 1.165) is 23.1 Å². The summed E-state index contributed by atoms with van der Waals surface area (Å²) in [4.78, 5) is 0. The van der Waals surface area contributed by atoms with Crippen LogP contribution in [0.4, 0.5) is 0 Å². The van der Waals surface area contributed by atoms with Gasteiger partial charge in [0, 0.05) is 0 Å². The van der Waals surface area contributed by atoms with Crippen molar-refractivity contribution in [3.8, 4) is 0 Å². The maximum Gasteiger partial charge on any atom is 0.112 e. The molecule has 0 saturated carbocycles. The Balaban J connectivity index is 2.48. The first-order chi connectivity index (χ1) is 8.96. The van der Waals surface area contributed by atoms with Gasteiger partial charge in [0.25, 0.3) is 0 Å². The Labute approximate surface area is 115 Å². The molecule has 0 bridgehead atoms. The maximum atomic E-state index is 10.9. The lowest BCUT2D eigenvalue weighted by molar-refractivity contribution is 0.101. The zero-order valence-electron chi connectivity index (χ0n) is 12.2. The molecule has 0 spiro atoms. The predicted molar refractivity (Wildman–Crippen MR) is 80.4 cm³/mol. The van der Waals surface area contributed by atoms with Gasteiger partial charge in [-0.25, -0.2) is 0 Å². The van der Waals surface area contributed by atoms with Crippen molar-refractivity contribution >= 4 is 0 Å². The van der Waals surface area contributed by atoms with Gasteiger partial charge in [0.05, 0.1) is 0 Å². The molecule has 0 aliphatic rings. The van der Waals surface area contributed by atoms with Crippen LogP contribution < -0.4 is 0 Å². The Hall–Kier alpha value is -1.60. The molecule has 2 rings (SSSR count). The summed E-state index contributed by atoms with van der Waals surface area (Å²) in [7, 11) is 0. The van der Waals surface area contributed by atoms with Crippen LogP contribution in [0.2, 0.25) is 0 Å². The highest BCUT2D eigenvalue weighted by molar-refractivity contribution is 5.43. The van der Waals surface area contributed by atoms with Crippen molar-refractivity contribution in [2.45, 2.75) is 39.7 Å². The lowest BCUT2D eigenvalue weighted by Crippen LogP contribution is -2.24. The quantitative estimate of drug-likeness (QED) is 0.873. The summed E-state index contributed by atoms with van der Waals surface area (Å²) in [6.07, 6.45) is 1.02. The van der Waals surface area contributed by atoms with Crippen LogP contribution in [-0.4, -0.2) is 5.11 Å². The van der Waals surface area contributed by atoms with Crippen LogP contribution in [0.15, 0.2) is 42.5 Å². The van der Waals surface area contributed by atoms with Gasteiger partial charge in [-0.05, 0) is 55.0 Å². The molecule has 0 aliphatic heterocycles. The van der Waals surface area contributed by atoms with Gasteiger partial charge < -0.3 is 5.11 Å². The molecule has 1 N–H and O–H groups in total. The van der Waals surface area contributed by atoms with E-state index >= 15 is 0 Å². The summed E-state index contributed by atoms with van der Waals surface area (Å²) in [6, 6.07) is 14.3. The van der Waals surface area contributed by atoms with Crippen molar-refractivity contribution in [2.24, 2.45) is 0 Å². The molecule has 1 nitrogen and oxygen atoms in total.